The number of nitrogens with one attached hydrogen (secondary N) is 2. The van der Waals surface area contributed by atoms with Crippen molar-refractivity contribution in [2.75, 3.05) is 57.4 Å². The second-order valence-corrected chi connectivity index (χ2v) is 6.00. The van der Waals surface area contributed by atoms with E-state index in [0.29, 0.717) is 32.8 Å². The minimum Gasteiger partial charge on any atom is -0.378 e. The smallest absolute Gasteiger partial charge is 0.242 e. The van der Waals surface area contributed by atoms with E-state index in [2.05, 4.69) is 27.7 Å². The zero-order valence-corrected chi connectivity index (χ0v) is 16.2. The van der Waals surface area contributed by atoms with Crippen LogP contribution in [0.4, 0.5) is 5.69 Å². The van der Waals surface area contributed by atoms with Gasteiger partial charge in [-0.2, -0.15) is 0 Å². The molecule has 1 unspecified atom stereocenters. The fourth-order valence-corrected chi connectivity index (χ4v) is 2.98. The van der Waals surface area contributed by atoms with Crippen molar-refractivity contribution < 1.29 is 14.3 Å². The van der Waals surface area contributed by atoms with Crippen LogP contribution in [0.15, 0.2) is 30.3 Å². The largest absolute Gasteiger partial charge is 0.378 e. The van der Waals surface area contributed by atoms with Crippen LogP contribution in [0, 0.1) is 0 Å². The number of carbonyl (C=O) groups is 2. The Labute approximate surface area is 166 Å². The molecule has 9 heteroatoms. The van der Waals surface area contributed by atoms with Crippen molar-refractivity contribution in [3.05, 3.63) is 30.3 Å². The van der Waals surface area contributed by atoms with Gasteiger partial charge >= 0.3 is 0 Å². The van der Waals surface area contributed by atoms with Crippen LogP contribution in [0.2, 0.25) is 0 Å². The molecule has 2 saturated heterocycles. The lowest BCUT2D eigenvalue weighted by molar-refractivity contribution is -0.134. The summed E-state index contributed by atoms with van der Waals surface area (Å²) in [7, 11) is 0. The second kappa shape index (κ2) is 11.2. The van der Waals surface area contributed by atoms with Crippen molar-refractivity contribution in [2.45, 2.75) is 6.04 Å². The van der Waals surface area contributed by atoms with Gasteiger partial charge in [-0.1, -0.05) is 18.2 Å². The Balaban J connectivity index is 0.00000169. The van der Waals surface area contributed by atoms with Gasteiger partial charge in [0.1, 0.15) is 6.04 Å². The van der Waals surface area contributed by atoms with E-state index in [4.69, 9.17) is 4.74 Å². The summed E-state index contributed by atoms with van der Waals surface area (Å²) in [5.74, 6) is -0.209. The van der Waals surface area contributed by atoms with E-state index in [1.165, 1.54) is 5.69 Å². The lowest BCUT2D eigenvalue weighted by Crippen LogP contribution is -2.54. The maximum Gasteiger partial charge on any atom is 0.242 e. The van der Waals surface area contributed by atoms with Crippen molar-refractivity contribution in [2.24, 2.45) is 0 Å². The van der Waals surface area contributed by atoms with Gasteiger partial charge in [-0.05, 0) is 12.1 Å². The molecule has 2 heterocycles. The van der Waals surface area contributed by atoms with Gasteiger partial charge in [-0.15, -0.1) is 24.8 Å². The SMILES string of the molecule is Cl.Cl.O=C(NCC(=O)N1CCN(c2ccccc2)CC1)C1COCCN1. The Hall–Kier alpha value is -1.54. The summed E-state index contributed by atoms with van der Waals surface area (Å²) in [6, 6.07) is 9.84. The minimum atomic E-state index is -0.360. The predicted octanol–water partition coefficient (Wildman–Crippen LogP) is 0.283. The van der Waals surface area contributed by atoms with Crippen LogP contribution in [-0.4, -0.2) is 75.2 Å². The number of morpholine rings is 1. The number of benzene rings is 1. The van der Waals surface area contributed by atoms with Crippen LogP contribution in [0.25, 0.3) is 0 Å². The van der Waals surface area contributed by atoms with E-state index in [-0.39, 0.29) is 49.2 Å². The molecule has 0 bridgehead atoms. The Kier molecular flexibility index (Phi) is 9.72. The van der Waals surface area contributed by atoms with Crippen LogP contribution in [0.3, 0.4) is 0 Å². The number of rotatable bonds is 4. The lowest BCUT2D eigenvalue weighted by atomic mass is 10.2. The lowest BCUT2D eigenvalue weighted by Gasteiger charge is -2.36. The molecule has 2 aliphatic heterocycles. The summed E-state index contributed by atoms with van der Waals surface area (Å²) >= 11 is 0. The molecule has 0 aliphatic carbocycles. The Morgan fingerprint density at radius 2 is 1.81 bits per heavy atom. The van der Waals surface area contributed by atoms with E-state index in [9.17, 15) is 9.59 Å². The molecule has 146 valence electrons. The maximum atomic E-state index is 12.3. The first kappa shape index (κ1) is 22.5. The van der Waals surface area contributed by atoms with Crippen LogP contribution < -0.4 is 15.5 Å². The van der Waals surface area contributed by atoms with E-state index in [1.807, 2.05) is 23.1 Å². The monoisotopic (exact) mass is 404 g/mol. The Bertz CT molecular complexity index is 562. The third kappa shape index (κ3) is 6.02. The van der Waals surface area contributed by atoms with Gasteiger partial charge in [-0.25, -0.2) is 0 Å². The third-order valence-corrected chi connectivity index (χ3v) is 4.41. The first-order valence-electron chi connectivity index (χ1n) is 8.40. The van der Waals surface area contributed by atoms with Gasteiger partial charge in [0.25, 0.3) is 0 Å². The molecule has 1 aromatic rings. The fraction of sp³-hybridized carbons (Fsp3) is 0.529. The van der Waals surface area contributed by atoms with E-state index < -0.39 is 0 Å². The van der Waals surface area contributed by atoms with Crippen molar-refractivity contribution >= 4 is 42.3 Å². The molecule has 0 spiro atoms. The van der Waals surface area contributed by atoms with Crippen LogP contribution in [0.5, 0.6) is 0 Å². The third-order valence-electron chi connectivity index (χ3n) is 4.41. The molecule has 2 amide bonds. The molecule has 26 heavy (non-hydrogen) atoms. The number of para-hydroxylation sites is 1. The van der Waals surface area contributed by atoms with Gasteiger partial charge in [0.15, 0.2) is 0 Å². The number of ether oxygens (including phenoxy) is 1. The van der Waals surface area contributed by atoms with E-state index >= 15 is 0 Å². The highest BCUT2D eigenvalue weighted by Crippen LogP contribution is 2.15. The summed E-state index contributed by atoms with van der Waals surface area (Å²) in [6.07, 6.45) is 0. The highest BCUT2D eigenvalue weighted by Gasteiger charge is 2.24. The normalized spacial score (nSPS) is 19.8. The second-order valence-electron chi connectivity index (χ2n) is 6.00. The summed E-state index contributed by atoms with van der Waals surface area (Å²) < 4.78 is 5.26. The number of anilines is 1. The number of halogens is 2. The number of hydrogen-bond acceptors (Lipinski definition) is 5. The van der Waals surface area contributed by atoms with Crippen LogP contribution in [-0.2, 0) is 14.3 Å². The summed E-state index contributed by atoms with van der Waals surface area (Å²) in [6.45, 7) is 4.65. The highest BCUT2D eigenvalue weighted by atomic mass is 35.5. The Morgan fingerprint density at radius 1 is 1.12 bits per heavy atom. The maximum absolute atomic E-state index is 12.3. The zero-order chi connectivity index (χ0) is 16.8. The van der Waals surface area contributed by atoms with Gasteiger partial charge in [0, 0.05) is 38.4 Å². The Morgan fingerprint density at radius 3 is 2.42 bits per heavy atom. The van der Waals surface area contributed by atoms with E-state index in [1.54, 1.807) is 0 Å². The molecule has 7 nitrogen and oxygen atoms in total. The van der Waals surface area contributed by atoms with Crippen molar-refractivity contribution in [1.29, 1.82) is 0 Å². The topological polar surface area (TPSA) is 73.9 Å². The van der Waals surface area contributed by atoms with Gasteiger partial charge in [0.2, 0.25) is 11.8 Å². The van der Waals surface area contributed by atoms with Crippen molar-refractivity contribution in [3.8, 4) is 0 Å². The first-order valence-corrected chi connectivity index (χ1v) is 8.40. The first-order chi connectivity index (χ1) is 11.7. The number of hydrogen-bond donors (Lipinski definition) is 2. The van der Waals surface area contributed by atoms with Crippen LogP contribution >= 0.6 is 24.8 Å². The molecule has 0 aromatic heterocycles. The number of amides is 2. The average molecular weight is 405 g/mol. The molecular formula is C17H26Cl2N4O3. The molecule has 2 N–H and O–H groups in total. The molecule has 1 aromatic carbocycles. The van der Waals surface area contributed by atoms with Gasteiger partial charge in [-0.3, -0.25) is 9.59 Å². The number of piperazine rings is 1. The number of carbonyl (C=O) groups excluding carboxylic acids is 2. The number of nitrogens with zero attached hydrogens (tertiary/aromatic N) is 2. The molecule has 1 atom stereocenters. The molecular weight excluding hydrogens is 379 g/mol. The molecule has 0 saturated carbocycles. The minimum absolute atomic E-state index is 0. The fourth-order valence-electron chi connectivity index (χ4n) is 2.98. The summed E-state index contributed by atoms with van der Waals surface area (Å²) in [5, 5.41) is 5.78. The molecule has 3 rings (SSSR count). The average Bonchev–Trinajstić information content (AvgIpc) is 2.67. The van der Waals surface area contributed by atoms with E-state index in [0.717, 1.165) is 13.1 Å². The molecule has 0 radical (unpaired) electrons. The van der Waals surface area contributed by atoms with Gasteiger partial charge in [0.05, 0.1) is 19.8 Å². The predicted molar refractivity (Wildman–Crippen MR) is 105 cm³/mol. The summed E-state index contributed by atoms with van der Waals surface area (Å²) in [5.41, 5.74) is 1.18. The molecule has 2 fully saturated rings. The van der Waals surface area contributed by atoms with Crippen molar-refractivity contribution in [3.63, 3.8) is 0 Å². The highest BCUT2D eigenvalue weighted by molar-refractivity contribution is 5.87. The standard InChI is InChI=1S/C17H24N4O3.2ClH/c22-16(12-19-17(23)15-13-24-11-6-18-15)21-9-7-20(8-10-21)14-4-2-1-3-5-14;;/h1-5,15,18H,6-13H2,(H,19,23);2*1H. The zero-order valence-electron chi connectivity index (χ0n) is 14.6. The molecule has 2 aliphatic rings. The van der Waals surface area contributed by atoms with Crippen LogP contribution in [0.1, 0.15) is 0 Å². The van der Waals surface area contributed by atoms with Crippen molar-refractivity contribution in [1.82, 2.24) is 15.5 Å². The summed E-state index contributed by atoms with van der Waals surface area (Å²) in [4.78, 5) is 28.3. The van der Waals surface area contributed by atoms with Gasteiger partial charge < -0.3 is 25.2 Å². The quantitative estimate of drug-likeness (QED) is 0.753.